The van der Waals surface area contributed by atoms with E-state index in [-0.39, 0.29) is 5.56 Å². The van der Waals surface area contributed by atoms with Crippen molar-refractivity contribution in [3.63, 3.8) is 0 Å². The van der Waals surface area contributed by atoms with E-state index < -0.39 is 30.1 Å². The van der Waals surface area contributed by atoms with Crippen molar-refractivity contribution in [3.05, 3.63) is 34.9 Å². The van der Waals surface area contributed by atoms with Gasteiger partial charge < -0.3 is 10.2 Å². The standard InChI is InChI=1S/C11H9ClO5/c12-7-3-1-6(2-4-7)9(13)5-8(10(14)15)11(16)17/h1-4,8H,5H2,(H,14,15)(H,16,17). The lowest BCUT2D eigenvalue weighted by atomic mass is 9.98. The Morgan fingerprint density at radius 2 is 1.53 bits per heavy atom. The second-order valence-corrected chi connectivity index (χ2v) is 3.80. The first-order valence-corrected chi connectivity index (χ1v) is 5.04. The number of carboxylic acid groups (broad SMARTS) is 2. The topological polar surface area (TPSA) is 91.7 Å². The van der Waals surface area contributed by atoms with Crippen LogP contribution in [0.5, 0.6) is 0 Å². The Bertz CT molecular complexity index is 437. The van der Waals surface area contributed by atoms with Crippen LogP contribution in [0, 0.1) is 5.92 Å². The summed E-state index contributed by atoms with van der Waals surface area (Å²) in [6, 6.07) is 5.80. The third kappa shape index (κ3) is 3.57. The number of carbonyl (C=O) groups is 3. The smallest absolute Gasteiger partial charge is 0.318 e. The van der Waals surface area contributed by atoms with Crippen molar-refractivity contribution in [1.82, 2.24) is 0 Å². The van der Waals surface area contributed by atoms with Crippen molar-refractivity contribution >= 4 is 29.3 Å². The Morgan fingerprint density at radius 3 is 1.94 bits per heavy atom. The second kappa shape index (κ2) is 5.45. The lowest BCUT2D eigenvalue weighted by Gasteiger charge is -2.06. The minimum Gasteiger partial charge on any atom is -0.481 e. The van der Waals surface area contributed by atoms with E-state index in [1.165, 1.54) is 24.3 Å². The summed E-state index contributed by atoms with van der Waals surface area (Å²) in [5.41, 5.74) is 0.238. The maximum Gasteiger partial charge on any atom is 0.318 e. The molecule has 1 aromatic carbocycles. The molecule has 0 saturated carbocycles. The summed E-state index contributed by atoms with van der Waals surface area (Å²) in [5.74, 6) is -5.32. The van der Waals surface area contributed by atoms with Crippen LogP contribution >= 0.6 is 11.6 Å². The average Bonchev–Trinajstić information content (AvgIpc) is 2.25. The number of carbonyl (C=O) groups excluding carboxylic acids is 1. The number of hydrogen-bond donors (Lipinski definition) is 2. The fourth-order valence-electron chi connectivity index (χ4n) is 1.22. The van der Waals surface area contributed by atoms with Gasteiger partial charge in [0.25, 0.3) is 0 Å². The number of halogens is 1. The first-order valence-electron chi connectivity index (χ1n) is 4.66. The zero-order chi connectivity index (χ0) is 13.0. The molecule has 1 rings (SSSR count). The van der Waals surface area contributed by atoms with Crippen LogP contribution in [0.15, 0.2) is 24.3 Å². The number of rotatable bonds is 5. The van der Waals surface area contributed by atoms with Gasteiger partial charge in [-0.3, -0.25) is 14.4 Å². The zero-order valence-electron chi connectivity index (χ0n) is 8.59. The maximum absolute atomic E-state index is 11.6. The molecule has 0 aliphatic rings. The number of carboxylic acids is 2. The Kier molecular flexibility index (Phi) is 4.23. The van der Waals surface area contributed by atoms with Crippen molar-refractivity contribution in [1.29, 1.82) is 0 Å². The van der Waals surface area contributed by atoms with Crippen molar-refractivity contribution in [2.24, 2.45) is 5.92 Å². The third-order valence-corrected chi connectivity index (χ3v) is 2.40. The molecule has 0 aromatic heterocycles. The number of ketones is 1. The summed E-state index contributed by atoms with van der Waals surface area (Å²) in [6.07, 6.45) is -0.577. The van der Waals surface area contributed by atoms with E-state index in [1.54, 1.807) is 0 Å². The normalized spacial score (nSPS) is 10.2. The van der Waals surface area contributed by atoms with Crippen molar-refractivity contribution < 1.29 is 24.6 Å². The van der Waals surface area contributed by atoms with Crippen molar-refractivity contribution in [2.75, 3.05) is 0 Å². The summed E-state index contributed by atoms with van der Waals surface area (Å²) in [4.78, 5) is 32.8. The molecule has 0 fully saturated rings. The molecule has 0 amide bonds. The molecule has 0 bridgehead atoms. The zero-order valence-corrected chi connectivity index (χ0v) is 9.35. The SMILES string of the molecule is O=C(CC(C(=O)O)C(=O)O)c1ccc(Cl)cc1. The molecule has 0 aliphatic carbocycles. The van der Waals surface area contributed by atoms with Crippen LogP contribution in [0.25, 0.3) is 0 Å². The van der Waals surface area contributed by atoms with E-state index in [1.807, 2.05) is 0 Å². The number of aliphatic carboxylic acids is 2. The molecule has 0 aliphatic heterocycles. The molecule has 0 heterocycles. The van der Waals surface area contributed by atoms with E-state index in [0.717, 1.165) is 0 Å². The first kappa shape index (κ1) is 13.2. The molecular formula is C11H9ClO5. The lowest BCUT2D eigenvalue weighted by molar-refractivity contribution is -0.154. The molecule has 6 heteroatoms. The molecule has 2 N–H and O–H groups in total. The van der Waals surface area contributed by atoms with Crippen LogP contribution in [0.3, 0.4) is 0 Å². The Balaban J connectivity index is 2.81. The molecular weight excluding hydrogens is 248 g/mol. The number of hydrogen-bond acceptors (Lipinski definition) is 3. The molecule has 17 heavy (non-hydrogen) atoms. The predicted molar refractivity (Wildman–Crippen MR) is 59.2 cm³/mol. The second-order valence-electron chi connectivity index (χ2n) is 3.36. The van der Waals surface area contributed by atoms with Gasteiger partial charge in [0.1, 0.15) is 0 Å². The predicted octanol–water partition coefficient (Wildman–Crippen LogP) is 1.70. The Hall–Kier alpha value is -1.88. The van der Waals surface area contributed by atoms with Crippen LogP contribution in [0.1, 0.15) is 16.8 Å². The van der Waals surface area contributed by atoms with Gasteiger partial charge in [0.2, 0.25) is 0 Å². The van der Waals surface area contributed by atoms with Gasteiger partial charge in [-0.1, -0.05) is 11.6 Å². The van der Waals surface area contributed by atoms with Gasteiger partial charge in [-0.15, -0.1) is 0 Å². The number of Topliss-reactive ketones (excluding diaryl/α,β-unsaturated/α-hetero) is 1. The van der Waals surface area contributed by atoms with Crippen LogP contribution < -0.4 is 0 Å². The van der Waals surface area contributed by atoms with E-state index in [9.17, 15) is 14.4 Å². The van der Waals surface area contributed by atoms with Gasteiger partial charge in [-0.25, -0.2) is 0 Å². The highest BCUT2D eigenvalue weighted by molar-refractivity contribution is 6.30. The lowest BCUT2D eigenvalue weighted by Crippen LogP contribution is -2.26. The minimum absolute atomic E-state index is 0.238. The number of benzene rings is 1. The highest BCUT2D eigenvalue weighted by Gasteiger charge is 2.28. The third-order valence-electron chi connectivity index (χ3n) is 2.15. The highest BCUT2D eigenvalue weighted by Crippen LogP contribution is 2.14. The first-order chi connectivity index (χ1) is 7.91. The van der Waals surface area contributed by atoms with Gasteiger partial charge in [0.05, 0.1) is 0 Å². The van der Waals surface area contributed by atoms with E-state index >= 15 is 0 Å². The fraction of sp³-hybridized carbons (Fsp3) is 0.182. The molecule has 0 spiro atoms. The van der Waals surface area contributed by atoms with Crippen molar-refractivity contribution in [3.8, 4) is 0 Å². The van der Waals surface area contributed by atoms with E-state index in [0.29, 0.717) is 5.02 Å². The maximum atomic E-state index is 11.6. The quantitative estimate of drug-likeness (QED) is 0.618. The summed E-state index contributed by atoms with van der Waals surface area (Å²) >= 11 is 5.62. The summed E-state index contributed by atoms with van der Waals surface area (Å²) < 4.78 is 0. The van der Waals surface area contributed by atoms with Gasteiger partial charge in [0, 0.05) is 17.0 Å². The van der Waals surface area contributed by atoms with E-state index in [4.69, 9.17) is 21.8 Å². The Labute approximate surface area is 102 Å². The van der Waals surface area contributed by atoms with Crippen LogP contribution in [0.2, 0.25) is 5.02 Å². The van der Waals surface area contributed by atoms with Crippen LogP contribution in [0.4, 0.5) is 0 Å². The van der Waals surface area contributed by atoms with Crippen LogP contribution in [-0.2, 0) is 9.59 Å². The molecule has 0 radical (unpaired) electrons. The molecule has 5 nitrogen and oxygen atoms in total. The molecule has 0 unspecified atom stereocenters. The molecule has 1 aromatic rings. The fourth-order valence-corrected chi connectivity index (χ4v) is 1.35. The Morgan fingerprint density at radius 1 is 1.06 bits per heavy atom. The van der Waals surface area contributed by atoms with Crippen LogP contribution in [-0.4, -0.2) is 27.9 Å². The largest absolute Gasteiger partial charge is 0.481 e. The van der Waals surface area contributed by atoms with Gasteiger partial charge in [-0.2, -0.15) is 0 Å². The monoisotopic (exact) mass is 256 g/mol. The summed E-state index contributed by atoms with van der Waals surface area (Å²) in [5, 5.41) is 17.7. The molecule has 90 valence electrons. The summed E-state index contributed by atoms with van der Waals surface area (Å²) in [6.45, 7) is 0. The minimum atomic E-state index is -1.72. The van der Waals surface area contributed by atoms with Gasteiger partial charge in [-0.05, 0) is 24.3 Å². The highest BCUT2D eigenvalue weighted by atomic mass is 35.5. The van der Waals surface area contributed by atoms with Crippen molar-refractivity contribution in [2.45, 2.75) is 6.42 Å². The molecule has 0 saturated heterocycles. The summed E-state index contributed by atoms with van der Waals surface area (Å²) in [7, 11) is 0. The van der Waals surface area contributed by atoms with Gasteiger partial charge >= 0.3 is 11.9 Å². The molecule has 0 atom stereocenters. The van der Waals surface area contributed by atoms with Gasteiger partial charge in [0.15, 0.2) is 11.7 Å². The van der Waals surface area contributed by atoms with E-state index in [2.05, 4.69) is 0 Å². The average molecular weight is 257 g/mol.